The van der Waals surface area contributed by atoms with Gasteiger partial charge in [-0.2, -0.15) is 0 Å². The number of hydrogen-bond acceptors (Lipinski definition) is 5. The molecule has 1 amide bonds. The van der Waals surface area contributed by atoms with E-state index in [1.54, 1.807) is 35.1 Å². The fourth-order valence-corrected chi connectivity index (χ4v) is 3.73. The second-order valence-electron chi connectivity index (χ2n) is 6.98. The highest BCUT2D eigenvalue weighted by molar-refractivity contribution is 5.97. The monoisotopic (exact) mass is 384 g/mol. The molecule has 1 aromatic carbocycles. The summed E-state index contributed by atoms with van der Waals surface area (Å²) in [7, 11) is 3.04. The van der Waals surface area contributed by atoms with E-state index in [9.17, 15) is 13.6 Å². The summed E-state index contributed by atoms with van der Waals surface area (Å²) in [4.78, 5) is 16.2. The number of ether oxygens (including phenoxy) is 3. The first-order valence-electron chi connectivity index (χ1n) is 9.11. The SMILES string of the molecule is CCOC[C@@H]1CC(F)(F)CN1C1CN(C(=O)c2ccc(OC)cc2OC)C1. The highest BCUT2D eigenvalue weighted by atomic mass is 19.3. The van der Waals surface area contributed by atoms with Crippen molar-refractivity contribution in [3.8, 4) is 11.5 Å². The van der Waals surface area contributed by atoms with Gasteiger partial charge in [-0.3, -0.25) is 9.69 Å². The molecule has 2 aliphatic rings. The number of nitrogens with zero attached hydrogens (tertiary/aromatic N) is 2. The number of rotatable bonds is 7. The maximum Gasteiger partial charge on any atom is 0.262 e. The van der Waals surface area contributed by atoms with Crippen molar-refractivity contribution in [1.29, 1.82) is 0 Å². The Labute approximate surface area is 158 Å². The minimum atomic E-state index is -2.70. The summed E-state index contributed by atoms with van der Waals surface area (Å²) in [5, 5.41) is 0. The Balaban J connectivity index is 1.64. The zero-order chi connectivity index (χ0) is 19.6. The van der Waals surface area contributed by atoms with Gasteiger partial charge in [0.15, 0.2) is 0 Å². The summed E-state index contributed by atoms with van der Waals surface area (Å²) in [5.41, 5.74) is 0.439. The number of carbonyl (C=O) groups excluding carboxylic acids is 1. The topological polar surface area (TPSA) is 51.2 Å². The van der Waals surface area contributed by atoms with E-state index in [0.717, 1.165) is 0 Å². The molecule has 1 aromatic rings. The lowest BCUT2D eigenvalue weighted by Crippen LogP contribution is -2.62. The fourth-order valence-electron chi connectivity index (χ4n) is 3.73. The van der Waals surface area contributed by atoms with Gasteiger partial charge in [0.25, 0.3) is 11.8 Å². The van der Waals surface area contributed by atoms with Crippen molar-refractivity contribution in [1.82, 2.24) is 9.80 Å². The van der Waals surface area contributed by atoms with Crippen LogP contribution in [-0.4, -0.2) is 80.8 Å². The average Bonchev–Trinajstić information content (AvgIpc) is 2.92. The third kappa shape index (κ3) is 4.16. The number of amides is 1. The van der Waals surface area contributed by atoms with E-state index in [1.807, 2.05) is 6.92 Å². The smallest absolute Gasteiger partial charge is 0.262 e. The Morgan fingerprint density at radius 1 is 1.26 bits per heavy atom. The summed E-state index contributed by atoms with van der Waals surface area (Å²) in [5.74, 6) is -1.84. The van der Waals surface area contributed by atoms with Crippen molar-refractivity contribution >= 4 is 5.91 Å². The van der Waals surface area contributed by atoms with Gasteiger partial charge >= 0.3 is 0 Å². The molecule has 1 atom stereocenters. The Morgan fingerprint density at radius 3 is 2.63 bits per heavy atom. The Bertz CT molecular complexity index is 680. The number of hydrogen-bond donors (Lipinski definition) is 0. The minimum absolute atomic E-state index is 0.0722. The predicted molar refractivity (Wildman–Crippen MR) is 95.8 cm³/mol. The van der Waals surface area contributed by atoms with E-state index in [1.165, 1.54) is 7.11 Å². The van der Waals surface area contributed by atoms with Crippen molar-refractivity contribution in [2.75, 3.05) is 47.1 Å². The molecule has 0 saturated carbocycles. The van der Waals surface area contributed by atoms with Crippen LogP contribution in [0.1, 0.15) is 23.7 Å². The van der Waals surface area contributed by atoms with Crippen LogP contribution in [0.15, 0.2) is 18.2 Å². The van der Waals surface area contributed by atoms with Gasteiger partial charge < -0.3 is 19.1 Å². The first-order chi connectivity index (χ1) is 12.9. The first kappa shape index (κ1) is 19.8. The van der Waals surface area contributed by atoms with Gasteiger partial charge in [-0.25, -0.2) is 8.78 Å². The van der Waals surface area contributed by atoms with Crippen LogP contribution in [0.3, 0.4) is 0 Å². The molecule has 6 nitrogen and oxygen atoms in total. The van der Waals surface area contributed by atoms with Gasteiger partial charge in [0.1, 0.15) is 11.5 Å². The second kappa shape index (κ2) is 7.98. The third-order valence-electron chi connectivity index (χ3n) is 5.19. The highest BCUT2D eigenvalue weighted by Gasteiger charge is 2.50. The summed E-state index contributed by atoms with van der Waals surface area (Å²) >= 11 is 0. The van der Waals surface area contributed by atoms with E-state index in [4.69, 9.17) is 14.2 Å². The number of benzene rings is 1. The number of halogens is 2. The molecule has 0 bridgehead atoms. The number of alkyl halides is 2. The standard InChI is InChI=1S/C19H26F2N2O4/c1-4-27-11-13-8-19(20,21)12-23(13)14-9-22(10-14)18(24)16-6-5-15(25-2)7-17(16)26-3/h5-7,13-14H,4,8-12H2,1-3H3/t13-/m0/s1. The molecule has 150 valence electrons. The first-order valence-corrected chi connectivity index (χ1v) is 9.11. The molecule has 0 spiro atoms. The summed E-state index contributed by atoms with van der Waals surface area (Å²) in [6.45, 7) is 3.22. The van der Waals surface area contributed by atoms with Gasteiger partial charge in [-0.15, -0.1) is 0 Å². The quantitative estimate of drug-likeness (QED) is 0.722. The molecule has 2 aliphatic heterocycles. The van der Waals surface area contributed by atoms with Gasteiger partial charge in [0.05, 0.1) is 32.9 Å². The molecule has 2 heterocycles. The summed E-state index contributed by atoms with van der Waals surface area (Å²) < 4.78 is 43.6. The van der Waals surface area contributed by atoms with E-state index < -0.39 is 5.92 Å². The molecular formula is C19H26F2N2O4. The van der Waals surface area contributed by atoms with Gasteiger partial charge in [-0.05, 0) is 19.1 Å². The van der Waals surface area contributed by atoms with Gasteiger partial charge in [-0.1, -0.05) is 0 Å². The van der Waals surface area contributed by atoms with Crippen LogP contribution < -0.4 is 9.47 Å². The predicted octanol–water partition coefficient (Wildman–Crippen LogP) is 2.27. The van der Waals surface area contributed by atoms with E-state index in [0.29, 0.717) is 43.4 Å². The molecule has 8 heteroatoms. The Morgan fingerprint density at radius 2 is 2.00 bits per heavy atom. The average molecular weight is 384 g/mol. The molecule has 0 N–H and O–H groups in total. The Hall–Kier alpha value is -1.93. The normalized spacial score (nSPS) is 22.6. The van der Waals surface area contributed by atoms with Gasteiger partial charge in [0, 0.05) is 44.3 Å². The van der Waals surface area contributed by atoms with Crippen molar-refractivity contribution < 1.29 is 27.8 Å². The zero-order valence-electron chi connectivity index (χ0n) is 15.9. The van der Waals surface area contributed by atoms with Crippen LogP contribution in [0.2, 0.25) is 0 Å². The lowest BCUT2D eigenvalue weighted by atomic mass is 10.0. The van der Waals surface area contributed by atoms with Crippen molar-refractivity contribution in [3.63, 3.8) is 0 Å². The van der Waals surface area contributed by atoms with E-state index in [2.05, 4.69) is 0 Å². The van der Waals surface area contributed by atoms with Crippen LogP contribution >= 0.6 is 0 Å². The molecule has 27 heavy (non-hydrogen) atoms. The minimum Gasteiger partial charge on any atom is -0.497 e. The molecule has 0 unspecified atom stereocenters. The maximum atomic E-state index is 13.9. The molecule has 2 fully saturated rings. The van der Waals surface area contributed by atoms with Crippen LogP contribution in [0, 0.1) is 0 Å². The Kier molecular flexibility index (Phi) is 5.86. The van der Waals surface area contributed by atoms with E-state index in [-0.39, 0.29) is 31.0 Å². The number of carbonyl (C=O) groups is 1. The van der Waals surface area contributed by atoms with Crippen LogP contribution in [0.5, 0.6) is 11.5 Å². The molecule has 0 aromatic heterocycles. The maximum absolute atomic E-state index is 13.9. The number of likely N-dealkylation sites (tertiary alicyclic amines) is 2. The van der Waals surface area contributed by atoms with Crippen molar-refractivity contribution in [2.45, 2.75) is 31.4 Å². The second-order valence-corrected chi connectivity index (χ2v) is 6.98. The molecular weight excluding hydrogens is 358 g/mol. The van der Waals surface area contributed by atoms with Crippen LogP contribution in [0.4, 0.5) is 8.78 Å². The molecule has 0 radical (unpaired) electrons. The molecule has 0 aliphatic carbocycles. The molecule has 2 saturated heterocycles. The third-order valence-corrected chi connectivity index (χ3v) is 5.19. The van der Waals surface area contributed by atoms with Crippen LogP contribution in [0.25, 0.3) is 0 Å². The summed E-state index contributed by atoms with van der Waals surface area (Å²) in [6.07, 6.45) is -0.191. The highest BCUT2D eigenvalue weighted by Crippen LogP contribution is 2.36. The van der Waals surface area contributed by atoms with E-state index >= 15 is 0 Å². The number of methoxy groups -OCH3 is 2. The zero-order valence-corrected chi connectivity index (χ0v) is 15.9. The summed E-state index contributed by atoms with van der Waals surface area (Å²) in [6, 6.07) is 4.64. The molecule has 3 rings (SSSR count). The lowest BCUT2D eigenvalue weighted by Gasteiger charge is -2.46. The van der Waals surface area contributed by atoms with Crippen LogP contribution in [-0.2, 0) is 4.74 Å². The largest absolute Gasteiger partial charge is 0.497 e. The van der Waals surface area contributed by atoms with Crippen molar-refractivity contribution in [2.24, 2.45) is 0 Å². The fraction of sp³-hybridized carbons (Fsp3) is 0.632. The van der Waals surface area contributed by atoms with Gasteiger partial charge in [0.2, 0.25) is 0 Å². The van der Waals surface area contributed by atoms with Crippen molar-refractivity contribution in [3.05, 3.63) is 23.8 Å². The lowest BCUT2D eigenvalue weighted by molar-refractivity contribution is -0.0149.